The van der Waals surface area contributed by atoms with Crippen LogP contribution in [0.2, 0.25) is 0 Å². The summed E-state index contributed by atoms with van der Waals surface area (Å²) in [4.78, 5) is 15.7. The zero-order valence-electron chi connectivity index (χ0n) is 14.1. The van der Waals surface area contributed by atoms with Crippen LogP contribution < -0.4 is 0 Å². The van der Waals surface area contributed by atoms with Gasteiger partial charge in [0, 0.05) is 12.1 Å². The third-order valence-corrected chi connectivity index (χ3v) is 4.47. The molecular formula is C21H23NO2. The van der Waals surface area contributed by atoms with E-state index in [4.69, 9.17) is 4.74 Å². The van der Waals surface area contributed by atoms with Crippen LogP contribution in [0.4, 0.5) is 4.79 Å². The van der Waals surface area contributed by atoms with E-state index in [-0.39, 0.29) is 5.92 Å². The molecule has 0 atom stereocenters. The Hall–Kier alpha value is -2.42. The van der Waals surface area contributed by atoms with E-state index < -0.39 is 6.09 Å². The lowest BCUT2D eigenvalue weighted by atomic mass is 9.98. The van der Waals surface area contributed by atoms with Crippen molar-refractivity contribution in [1.82, 2.24) is 0 Å². The van der Waals surface area contributed by atoms with Crippen LogP contribution in [-0.2, 0) is 4.74 Å². The first kappa shape index (κ1) is 16.4. The van der Waals surface area contributed by atoms with E-state index in [1.54, 1.807) is 6.21 Å². The summed E-state index contributed by atoms with van der Waals surface area (Å²) in [6.45, 7) is 2.49. The molecule has 1 amide bonds. The van der Waals surface area contributed by atoms with Gasteiger partial charge in [-0.25, -0.2) is 4.79 Å². The van der Waals surface area contributed by atoms with Crippen LogP contribution in [0.1, 0.15) is 49.7 Å². The number of fused-ring (bicyclic) bond motifs is 3. The van der Waals surface area contributed by atoms with Crippen molar-refractivity contribution in [2.24, 2.45) is 4.99 Å². The van der Waals surface area contributed by atoms with Crippen LogP contribution in [0.15, 0.2) is 53.5 Å². The van der Waals surface area contributed by atoms with E-state index in [0.29, 0.717) is 6.61 Å². The summed E-state index contributed by atoms with van der Waals surface area (Å²) in [5.74, 6) is 0.0941. The van der Waals surface area contributed by atoms with Crippen molar-refractivity contribution in [3.05, 3.63) is 59.7 Å². The Morgan fingerprint density at radius 1 is 1.04 bits per heavy atom. The molecule has 3 nitrogen and oxygen atoms in total. The molecule has 0 unspecified atom stereocenters. The molecule has 124 valence electrons. The minimum atomic E-state index is -0.492. The van der Waals surface area contributed by atoms with Gasteiger partial charge in [-0.3, -0.25) is 0 Å². The predicted molar refractivity (Wildman–Crippen MR) is 97.7 cm³/mol. The molecule has 24 heavy (non-hydrogen) atoms. The van der Waals surface area contributed by atoms with Crippen molar-refractivity contribution < 1.29 is 9.53 Å². The molecule has 0 heterocycles. The van der Waals surface area contributed by atoms with Crippen LogP contribution in [0.25, 0.3) is 11.1 Å². The summed E-state index contributed by atoms with van der Waals surface area (Å²) in [5.41, 5.74) is 4.91. The topological polar surface area (TPSA) is 38.7 Å². The van der Waals surface area contributed by atoms with Crippen LogP contribution in [0.3, 0.4) is 0 Å². The Labute approximate surface area is 143 Å². The fourth-order valence-corrected chi connectivity index (χ4v) is 3.26. The predicted octanol–water partition coefficient (Wildman–Crippen LogP) is 5.59. The Morgan fingerprint density at radius 2 is 1.67 bits per heavy atom. The second-order valence-corrected chi connectivity index (χ2v) is 6.11. The zero-order chi connectivity index (χ0) is 16.8. The molecule has 0 saturated heterocycles. The van der Waals surface area contributed by atoms with Crippen molar-refractivity contribution >= 4 is 12.3 Å². The standard InChI is InChI=1S/C21H23NO2/c1-2-3-4-9-14-22-21(23)24-15-20-18-12-7-5-10-16(18)17-11-6-8-13-19(17)20/h5-8,10-14,20H,2-4,9,15H2,1H3. The van der Waals surface area contributed by atoms with Crippen molar-refractivity contribution in [2.75, 3.05) is 6.61 Å². The SMILES string of the molecule is CCCCCC=NC(=O)OCC1c2ccccc2-c2ccccc21. The number of nitrogens with zero attached hydrogens (tertiary/aromatic N) is 1. The van der Waals surface area contributed by atoms with E-state index in [0.717, 1.165) is 19.3 Å². The minimum Gasteiger partial charge on any atom is -0.447 e. The number of amides is 1. The van der Waals surface area contributed by atoms with Crippen molar-refractivity contribution in [2.45, 2.75) is 38.5 Å². The van der Waals surface area contributed by atoms with Crippen LogP contribution in [0, 0.1) is 0 Å². The molecular weight excluding hydrogens is 298 g/mol. The van der Waals surface area contributed by atoms with E-state index in [2.05, 4.69) is 36.2 Å². The third kappa shape index (κ3) is 3.56. The molecule has 0 aliphatic heterocycles. The van der Waals surface area contributed by atoms with Gasteiger partial charge in [0.15, 0.2) is 0 Å². The van der Waals surface area contributed by atoms with E-state index in [9.17, 15) is 4.79 Å². The summed E-state index contributed by atoms with van der Waals surface area (Å²) < 4.78 is 5.41. The molecule has 0 bridgehead atoms. The highest BCUT2D eigenvalue weighted by atomic mass is 16.5. The largest absolute Gasteiger partial charge is 0.447 e. The van der Waals surface area contributed by atoms with Gasteiger partial charge in [0.25, 0.3) is 0 Å². The van der Waals surface area contributed by atoms with Crippen LogP contribution in [0.5, 0.6) is 0 Å². The molecule has 0 N–H and O–H groups in total. The van der Waals surface area contributed by atoms with Crippen molar-refractivity contribution in [3.8, 4) is 11.1 Å². The van der Waals surface area contributed by atoms with Gasteiger partial charge < -0.3 is 4.74 Å². The number of aliphatic imine (C=N–C) groups is 1. The van der Waals surface area contributed by atoms with Crippen LogP contribution in [-0.4, -0.2) is 18.9 Å². The summed E-state index contributed by atoms with van der Waals surface area (Å²) in [7, 11) is 0. The molecule has 3 rings (SSSR count). The molecule has 1 aliphatic rings. The fraction of sp³-hybridized carbons (Fsp3) is 0.333. The van der Waals surface area contributed by atoms with Gasteiger partial charge in [-0.05, 0) is 35.1 Å². The molecule has 3 heteroatoms. The first-order valence-corrected chi connectivity index (χ1v) is 8.68. The molecule has 0 aromatic heterocycles. The third-order valence-electron chi connectivity index (χ3n) is 4.47. The maximum atomic E-state index is 11.8. The van der Waals surface area contributed by atoms with Gasteiger partial charge in [-0.2, -0.15) is 4.99 Å². The van der Waals surface area contributed by atoms with E-state index in [1.165, 1.54) is 28.7 Å². The first-order chi connectivity index (χ1) is 11.8. The minimum absolute atomic E-state index is 0.0941. The maximum absolute atomic E-state index is 11.8. The quantitative estimate of drug-likeness (QED) is 0.514. The smallest absolute Gasteiger partial charge is 0.433 e. The number of ether oxygens (including phenoxy) is 1. The molecule has 0 spiro atoms. The molecule has 0 fully saturated rings. The van der Waals surface area contributed by atoms with E-state index in [1.807, 2.05) is 24.3 Å². The fourth-order valence-electron chi connectivity index (χ4n) is 3.26. The number of carbonyl (C=O) groups is 1. The lowest BCUT2D eigenvalue weighted by molar-refractivity contribution is 0.154. The normalized spacial score (nSPS) is 13.0. The van der Waals surface area contributed by atoms with Gasteiger partial charge in [-0.1, -0.05) is 68.3 Å². The molecule has 1 aliphatic carbocycles. The number of hydrogen-bond donors (Lipinski definition) is 0. The molecule has 0 saturated carbocycles. The number of hydrogen-bond acceptors (Lipinski definition) is 2. The highest BCUT2D eigenvalue weighted by Gasteiger charge is 2.28. The Bertz CT molecular complexity index is 691. The number of unbranched alkanes of at least 4 members (excludes halogenated alkanes) is 3. The molecule has 2 aromatic rings. The highest BCUT2D eigenvalue weighted by molar-refractivity contribution is 5.80. The number of rotatable bonds is 6. The van der Waals surface area contributed by atoms with Crippen molar-refractivity contribution in [3.63, 3.8) is 0 Å². The van der Waals surface area contributed by atoms with E-state index >= 15 is 0 Å². The summed E-state index contributed by atoms with van der Waals surface area (Å²) >= 11 is 0. The Balaban J connectivity index is 1.64. The van der Waals surface area contributed by atoms with Gasteiger partial charge in [0.2, 0.25) is 0 Å². The van der Waals surface area contributed by atoms with Gasteiger partial charge >= 0.3 is 6.09 Å². The van der Waals surface area contributed by atoms with Gasteiger partial charge in [0.1, 0.15) is 6.61 Å². The second kappa shape index (κ2) is 7.91. The Kier molecular flexibility index (Phi) is 5.42. The summed E-state index contributed by atoms with van der Waals surface area (Å²) in [5, 5.41) is 0. The average molecular weight is 321 g/mol. The summed E-state index contributed by atoms with van der Waals surface area (Å²) in [6.07, 6.45) is 5.41. The first-order valence-electron chi connectivity index (χ1n) is 8.68. The van der Waals surface area contributed by atoms with Gasteiger partial charge in [0.05, 0.1) is 0 Å². The number of carbonyl (C=O) groups excluding carboxylic acids is 1. The maximum Gasteiger partial charge on any atom is 0.433 e. The highest BCUT2D eigenvalue weighted by Crippen LogP contribution is 2.44. The lowest BCUT2D eigenvalue weighted by Gasteiger charge is -2.12. The Morgan fingerprint density at radius 3 is 2.29 bits per heavy atom. The number of benzene rings is 2. The summed E-state index contributed by atoms with van der Waals surface area (Å²) in [6, 6.07) is 16.6. The molecule has 2 aromatic carbocycles. The second-order valence-electron chi connectivity index (χ2n) is 6.11. The van der Waals surface area contributed by atoms with Crippen LogP contribution >= 0.6 is 0 Å². The average Bonchev–Trinajstić information content (AvgIpc) is 2.94. The van der Waals surface area contributed by atoms with Gasteiger partial charge in [-0.15, -0.1) is 0 Å². The lowest BCUT2D eigenvalue weighted by Crippen LogP contribution is -2.10. The zero-order valence-corrected chi connectivity index (χ0v) is 14.1. The molecule has 0 radical (unpaired) electrons. The van der Waals surface area contributed by atoms with Crippen molar-refractivity contribution in [1.29, 1.82) is 0 Å². The monoisotopic (exact) mass is 321 g/mol.